The van der Waals surface area contributed by atoms with Gasteiger partial charge in [-0.15, -0.1) is 0 Å². The minimum absolute atomic E-state index is 0.0297. The van der Waals surface area contributed by atoms with Crippen molar-refractivity contribution in [1.29, 1.82) is 0 Å². The van der Waals surface area contributed by atoms with Crippen LogP contribution in [0.1, 0.15) is 12.5 Å². The molecule has 0 spiro atoms. The van der Waals surface area contributed by atoms with Crippen LogP contribution in [0.5, 0.6) is 5.75 Å². The van der Waals surface area contributed by atoms with Crippen LogP contribution in [-0.2, 0) is 4.79 Å². The summed E-state index contributed by atoms with van der Waals surface area (Å²) >= 11 is 5.97. The first-order valence-electron chi connectivity index (χ1n) is 8.56. The maximum Gasteiger partial charge on any atom is 0.263 e. The molecule has 1 atom stereocenters. The Labute approximate surface area is 154 Å². The molecular weight excluding hydrogens is 336 g/mol. The molecule has 0 radical (unpaired) electrons. The number of anilines is 1. The van der Waals surface area contributed by atoms with E-state index < -0.39 is 6.10 Å². The molecule has 25 heavy (non-hydrogen) atoms. The molecule has 4 nitrogen and oxygen atoms in total. The number of amides is 1. The van der Waals surface area contributed by atoms with Gasteiger partial charge in [-0.3, -0.25) is 4.79 Å². The van der Waals surface area contributed by atoms with Gasteiger partial charge in [-0.05, 0) is 49.7 Å². The lowest BCUT2D eigenvalue weighted by molar-refractivity contribution is -0.138. The first-order chi connectivity index (χ1) is 12.0. The zero-order valence-corrected chi connectivity index (χ0v) is 15.4. The third-order valence-corrected chi connectivity index (χ3v) is 4.74. The molecule has 1 saturated heterocycles. The fraction of sp³-hybridized carbons (Fsp3) is 0.350. The highest BCUT2D eigenvalue weighted by atomic mass is 35.5. The van der Waals surface area contributed by atoms with E-state index in [1.54, 1.807) is 13.0 Å². The van der Waals surface area contributed by atoms with Gasteiger partial charge in [0.1, 0.15) is 5.75 Å². The van der Waals surface area contributed by atoms with E-state index in [0.717, 1.165) is 18.7 Å². The second-order valence-corrected chi connectivity index (χ2v) is 6.75. The van der Waals surface area contributed by atoms with Crippen molar-refractivity contribution < 1.29 is 9.53 Å². The van der Waals surface area contributed by atoms with Gasteiger partial charge in [0.15, 0.2) is 6.10 Å². The van der Waals surface area contributed by atoms with Gasteiger partial charge in [0, 0.05) is 36.9 Å². The summed E-state index contributed by atoms with van der Waals surface area (Å²) in [5, 5.41) is 0.667. The number of ether oxygens (including phenoxy) is 1. The van der Waals surface area contributed by atoms with E-state index in [-0.39, 0.29) is 5.91 Å². The van der Waals surface area contributed by atoms with E-state index in [0.29, 0.717) is 23.9 Å². The molecule has 1 amide bonds. The Morgan fingerprint density at radius 2 is 1.76 bits per heavy atom. The molecule has 0 N–H and O–H groups in total. The highest BCUT2D eigenvalue weighted by Crippen LogP contribution is 2.23. The zero-order chi connectivity index (χ0) is 17.8. The van der Waals surface area contributed by atoms with Crippen LogP contribution in [0.2, 0.25) is 5.02 Å². The summed E-state index contributed by atoms with van der Waals surface area (Å²) in [6.45, 7) is 6.82. The highest BCUT2D eigenvalue weighted by molar-refractivity contribution is 6.30. The minimum Gasteiger partial charge on any atom is -0.481 e. The molecule has 2 aromatic rings. The van der Waals surface area contributed by atoms with E-state index in [1.807, 2.05) is 42.2 Å². The average Bonchev–Trinajstić information content (AvgIpc) is 2.64. The number of nitrogens with zero attached hydrogens (tertiary/aromatic N) is 2. The fourth-order valence-electron chi connectivity index (χ4n) is 3.07. The normalized spacial score (nSPS) is 15.8. The number of carbonyl (C=O) groups excluding carboxylic acids is 1. The molecule has 2 aromatic carbocycles. The van der Waals surface area contributed by atoms with Crippen molar-refractivity contribution in [3.63, 3.8) is 0 Å². The van der Waals surface area contributed by atoms with E-state index >= 15 is 0 Å². The van der Waals surface area contributed by atoms with Gasteiger partial charge in [-0.2, -0.15) is 0 Å². The quantitative estimate of drug-likeness (QED) is 0.834. The maximum absolute atomic E-state index is 12.7. The number of piperazine rings is 1. The summed E-state index contributed by atoms with van der Waals surface area (Å²) < 4.78 is 5.86. The lowest BCUT2D eigenvalue weighted by Crippen LogP contribution is -2.52. The number of carbonyl (C=O) groups is 1. The Balaban J connectivity index is 1.56. The topological polar surface area (TPSA) is 32.8 Å². The maximum atomic E-state index is 12.7. The van der Waals surface area contributed by atoms with Gasteiger partial charge in [0.05, 0.1) is 0 Å². The highest BCUT2D eigenvalue weighted by Gasteiger charge is 2.26. The first-order valence-corrected chi connectivity index (χ1v) is 8.94. The summed E-state index contributed by atoms with van der Waals surface area (Å²) in [6, 6.07) is 15.7. The Morgan fingerprint density at radius 1 is 1.08 bits per heavy atom. The van der Waals surface area contributed by atoms with Crippen LogP contribution in [0, 0.1) is 6.92 Å². The lowest BCUT2D eigenvalue weighted by Gasteiger charge is -2.37. The van der Waals surface area contributed by atoms with Crippen LogP contribution in [-0.4, -0.2) is 43.1 Å². The first kappa shape index (κ1) is 17.6. The molecule has 1 aliphatic rings. The standard InChI is InChI=1S/C20H23ClN2O2/c1-15-14-17(21)8-9-19(15)25-16(2)20(24)23-12-10-22(11-13-23)18-6-4-3-5-7-18/h3-9,14,16H,10-13H2,1-2H3/t16-/m0/s1. The number of hydrogen-bond acceptors (Lipinski definition) is 3. The molecule has 0 unspecified atom stereocenters. The van der Waals surface area contributed by atoms with Gasteiger partial charge >= 0.3 is 0 Å². The van der Waals surface area contributed by atoms with Crippen LogP contribution in [0.25, 0.3) is 0 Å². The second kappa shape index (κ2) is 7.79. The predicted molar refractivity (Wildman–Crippen MR) is 102 cm³/mol. The molecule has 0 aliphatic carbocycles. The van der Waals surface area contributed by atoms with Crippen LogP contribution >= 0.6 is 11.6 Å². The fourth-order valence-corrected chi connectivity index (χ4v) is 3.29. The van der Waals surface area contributed by atoms with Crippen LogP contribution in [0.4, 0.5) is 5.69 Å². The van der Waals surface area contributed by atoms with E-state index in [9.17, 15) is 4.79 Å². The van der Waals surface area contributed by atoms with E-state index in [2.05, 4.69) is 17.0 Å². The molecule has 0 aromatic heterocycles. The van der Waals surface area contributed by atoms with Crippen LogP contribution in [0.15, 0.2) is 48.5 Å². The SMILES string of the molecule is Cc1cc(Cl)ccc1O[C@@H](C)C(=O)N1CCN(c2ccccc2)CC1. The smallest absolute Gasteiger partial charge is 0.263 e. The van der Waals surface area contributed by atoms with Crippen LogP contribution < -0.4 is 9.64 Å². The van der Waals surface area contributed by atoms with Crippen molar-refractivity contribution in [2.24, 2.45) is 0 Å². The molecule has 5 heteroatoms. The number of hydrogen-bond donors (Lipinski definition) is 0. The zero-order valence-electron chi connectivity index (χ0n) is 14.6. The Hall–Kier alpha value is -2.20. The molecule has 1 heterocycles. The van der Waals surface area contributed by atoms with Crippen molar-refractivity contribution in [2.75, 3.05) is 31.1 Å². The summed E-state index contributed by atoms with van der Waals surface area (Å²) in [7, 11) is 0. The number of halogens is 1. The monoisotopic (exact) mass is 358 g/mol. The molecular formula is C20H23ClN2O2. The number of aryl methyl sites for hydroxylation is 1. The van der Waals surface area contributed by atoms with Gasteiger partial charge < -0.3 is 14.5 Å². The number of benzene rings is 2. The second-order valence-electron chi connectivity index (χ2n) is 6.32. The van der Waals surface area contributed by atoms with Crippen LogP contribution in [0.3, 0.4) is 0 Å². The molecule has 3 rings (SSSR count). The third kappa shape index (κ3) is 4.26. The summed E-state index contributed by atoms with van der Waals surface area (Å²) in [6.07, 6.45) is -0.511. The van der Waals surface area contributed by atoms with Gasteiger partial charge in [0.25, 0.3) is 5.91 Å². The van der Waals surface area contributed by atoms with Gasteiger partial charge in [-0.25, -0.2) is 0 Å². The Morgan fingerprint density at radius 3 is 2.40 bits per heavy atom. The van der Waals surface area contributed by atoms with E-state index in [1.165, 1.54) is 5.69 Å². The van der Waals surface area contributed by atoms with E-state index in [4.69, 9.17) is 16.3 Å². The van der Waals surface area contributed by atoms with Crippen molar-refractivity contribution in [2.45, 2.75) is 20.0 Å². The third-order valence-electron chi connectivity index (χ3n) is 4.50. The minimum atomic E-state index is -0.511. The van der Waals surface area contributed by atoms with Gasteiger partial charge in [0.2, 0.25) is 0 Å². The van der Waals surface area contributed by atoms with Crippen molar-refractivity contribution in [1.82, 2.24) is 4.90 Å². The molecule has 0 saturated carbocycles. The van der Waals surface area contributed by atoms with Crippen molar-refractivity contribution >= 4 is 23.2 Å². The Kier molecular flexibility index (Phi) is 5.49. The van der Waals surface area contributed by atoms with Gasteiger partial charge in [-0.1, -0.05) is 29.8 Å². The number of rotatable bonds is 4. The largest absolute Gasteiger partial charge is 0.481 e. The number of para-hydroxylation sites is 1. The molecule has 1 aliphatic heterocycles. The average molecular weight is 359 g/mol. The van der Waals surface area contributed by atoms with Crippen molar-refractivity contribution in [3.8, 4) is 5.75 Å². The predicted octanol–water partition coefficient (Wildman–Crippen LogP) is 3.76. The Bertz CT molecular complexity index is 728. The molecule has 1 fully saturated rings. The van der Waals surface area contributed by atoms with Crippen molar-refractivity contribution in [3.05, 3.63) is 59.1 Å². The summed E-state index contributed by atoms with van der Waals surface area (Å²) in [5.74, 6) is 0.732. The molecule has 0 bridgehead atoms. The molecule has 132 valence electrons. The summed E-state index contributed by atoms with van der Waals surface area (Å²) in [4.78, 5) is 16.9. The lowest BCUT2D eigenvalue weighted by atomic mass is 10.2. The summed E-state index contributed by atoms with van der Waals surface area (Å²) in [5.41, 5.74) is 2.14.